The largest absolute Gasteiger partial charge is 0.455 e. The lowest BCUT2D eigenvalue weighted by atomic mass is 10.3. The van der Waals surface area contributed by atoms with Gasteiger partial charge < -0.3 is 15.6 Å². The van der Waals surface area contributed by atoms with E-state index in [4.69, 9.17) is 15.6 Å². The zero-order chi connectivity index (χ0) is 23.3. The summed E-state index contributed by atoms with van der Waals surface area (Å²) in [6.45, 7) is 11.0. The predicted octanol–water partition coefficient (Wildman–Crippen LogP) is 8.35. The molecule has 0 bridgehead atoms. The second kappa shape index (κ2) is 20.9. The minimum atomic E-state index is -1.76. The highest BCUT2D eigenvalue weighted by molar-refractivity contribution is 6.87. The average Bonchev–Trinajstić information content (AvgIpc) is 2.77. The normalized spacial score (nSPS) is 12.6. The average molecular weight is 473 g/mol. The van der Waals surface area contributed by atoms with Gasteiger partial charge in [-0.3, -0.25) is 0 Å². The van der Waals surface area contributed by atoms with Gasteiger partial charge in [0.05, 0.1) is 0 Å². The molecule has 0 aromatic carbocycles. The minimum Gasteiger partial charge on any atom is -0.455 e. The molecule has 0 aromatic heterocycles. The van der Waals surface area contributed by atoms with Crippen molar-refractivity contribution in [3.63, 3.8) is 0 Å². The van der Waals surface area contributed by atoms with Gasteiger partial charge in [0, 0.05) is 0 Å². The van der Waals surface area contributed by atoms with Gasteiger partial charge in [-0.15, -0.1) is 0 Å². The molecule has 0 spiro atoms. The molecule has 0 amide bonds. The molecule has 31 heavy (non-hydrogen) atoms. The van der Waals surface area contributed by atoms with Crippen molar-refractivity contribution in [2.24, 2.45) is 11.5 Å². The fraction of sp³-hybridized carbons (Fsp3) is 1.00. The fourth-order valence-electron chi connectivity index (χ4n) is 5.15. The van der Waals surface area contributed by atoms with Crippen molar-refractivity contribution in [3.8, 4) is 0 Å². The van der Waals surface area contributed by atoms with Gasteiger partial charge in [-0.05, 0) is 62.2 Å². The van der Waals surface area contributed by atoms with Crippen LogP contribution < -0.4 is 11.5 Å². The summed E-state index contributed by atoms with van der Waals surface area (Å²) in [6, 6.07) is 8.12. The molecule has 0 rings (SSSR count). The number of nitrogens with two attached hydrogens (primary N) is 2. The zero-order valence-corrected chi connectivity index (χ0v) is 24.1. The van der Waals surface area contributed by atoms with Crippen molar-refractivity contribution in [3.05, 3.63) is 0 Å². The van der Waals surface area contributed by atoms with Crippen LogP contribution in [-0.4, -0.2) is 29.7 Å². The van der Waals surface area contributed by atoms with E-state index < -0.39 is 16.6 Å². The Morgan fingerprint density at radius 3 is 0.903 bits per heavy atom. The molecule has 0 aliphatic heterocycles. The minimum absolute atomic E-state index is 0.822. The number of hydrogen-bond donors (Lipinski definition) is 2. The molecule has 5 heteroatoms. The van der Waals surface area contributed by atoms with Crippen LogP contribution in [0.15, 0.2) is 0 Å². The maximum absolute atomic E-state index is 7.78. The van der Waals surface area contributed by atoms with Crippen LogP contribution in [0.2, 0.25) is 36.3 Å². The Kier molecular flexibility index (Phi) is 21.1. The van der Waals surface area contributed by atoms with Gasteiger partial charge in [0.15, 0.2) is 16.6 Å². The van der Waals surface area contributed by atoms with Gasteiger partial charge in [-0.1, -0.05) is 105 Å². The molecule has 0 aromatic rings. The Balaban J connectivity index is 5.81. The van der Waals surface area contributed by atoms with E-state index in [1.165, 1.54) is 113 Å². The molecule has 4 N–H and O–H groups in total. The topological polar surface area (TPSA) is 61.3 Å². The van der Waals surface area contributed by atoms with Crippen LogP contribution in [0.5, 0.6) is 0 Å². The van der Waals surface area contributed by atoms with Gasteiger partial charge in [0.25, 0.3) is 0 Å². The third kappa shape index (κ3) is 15.0. The molecule has 188 valence electrons. The summed E-state index contributed by atoms with van der Waals surface area (Å²) >= 11 is 0. The Hall–Kier alpha value is 0.314. The molecule has 0 atom stereocenters. The second-order valence-corrected chi connectivity index (χ2v) is 18.6. The van der Waals surface area contributed by atoms with Crippen LogP contribution in [-0.2, 0) is 4.12 Å². The summed E-state index contributed by atoms with van der Waals surface area (Å²) in [5, 5.41) is 0. The second-order valence-electron chi connectivity index (χ2n) is 10.1. The Labute approximate surface area is 199 Å². The lowest BCUT2D eigenvalue weighted by molar-refractivity contribution is 0.472. The standard InChI is InChI=1S/C26H60N2OSi2/c1-5-9-13-21-30(25-17-19-27,22-14-10-6-2)29-31(26-18-20-28,23-15-11-7-3)24-16-12-8-4/h5-28H2,1-4H3. The zero-order valence-electron chi connectivity index (χ0n) is 22.1. The summed E-state index contributed by atoms with van der Waals surface area (Å²) in [4.78, 5) is 0. The highest BCUT2D eigenvalue weighted by atomic mass is 28.4. The molecule has 0 aliphatic carbocycles. The van der Waals surface area contributed by atoms with Crippen molar-refractivity contribution >= 4 is 16.6 Å². The van der Waals surface area contributed by atoms with E-state index in [1.807, 2.05) is 0 Å². The molecule has 3 nitrogen and oxygen atoms in total. The van der Waals surface area contributed by atoms with Crippen LogP contribution in [0.25, 0.3) is 0 Å². The maximum atomic E-state index is 7.78. The van der Waals surface area contributed by atoms with E-state index in [9.17, 15) is 0 Å². The molecule has 0 fully saturated rings. The van der Waals surface area contributed by atoms with E-state index >= 15 is 0 Å². The Bertz CT molecular complexity index is 328. The van der Waals surface area contributed by atoms with Crippen molar-refractivity contribution in [2.45, 2.75) is 154 Å². The predicted molar refractivity (Wildman–Crippen MR) is 147 cm³/mol. The van der Waals surface area contributed by atoms with Crippen molar-refractivity contribution in [1.29, 1.82) is 0 Å². The van der Waals surface area contributed by atoms with Crippen molar-refractivity contribution in [2.75, 3.05) is 13.1 Å². The highest BCUT2D eigenvalue weighted by Gasteiger charge is 2.43. The summed E-state index contributed by atoms with van der Waals surface area (Å²) in [6.07, 6.45) is 18.4. The van der Waals surface area contributed by atoms with E-state index in [1.54, 1.807) is 0 Å². The van der Waals surface area contributed by atoms with Crippen LogP contribution in [0.4, 0.5) is 0 Å². The van der Waals surface area contributed by atoms with E-state index in [0.29, 0.717) is 0 Å². The summed E-state index contributed by atoms with van der Waals surface area (Å²) in [5.74, 6) is 0. The quantitative estimate of drug-likeness (QED) is 0.109. The molecular weight excluding hydrogens is 412 g/mol. The van der Waals surface area contributed by atoms with E-state index in [-0.39, 0.29) is 0 Å². The Morgan fingerprint density at radius 1 is 0.419 bits per heavy atom. The molecule has 0 aliphatic rings. The van der Waals surface area contributed by atoms with Gasteiger partial charge >= 0.3 is 0 Å². The first-order valence-corrected chi connectivity index (χ1v) is 19.2. The van der Waals surface area contributed by atoms with Crippen molar-refractivity contribution < 1.29 is 4.12 Å². The van der Waals surface area contributed by atoms with Crippen molar-refractivity contribution in [1.82, 2.24) is 0 Å². The van der Waals surface area contributed by atoms with Gasteiger partial charge in [-0.2, -0.15) is 0 Å². The molecule has 0 unspecified atom stereocenters. The number of unbranched alkanes of at least 4 members (excludes halogenated alkanes) is 8. The lowest BCUT2D eigenvalue weighted by Gasteiger charge is -2.44. The maximum Gasteiger partial charge on any atom is 0.179 e. The molecule has 0 heterocycles. The van der Waals surface area contributed by atoms with E-state index in [0.717, 1.165) is 25.9 Å². The molecule has 0 saturated carbocycles. The lowest BCUT2D eigenvalue weighted by Crippen LogP contribution is -2.52. The smallest absolute Gasteiger partial charge is 0.179 e. The van der Waals surface area contributed by atoms with Gasteiger partial charge in [0.1, 0.15) is 0 Å². The SMILES string of the molecule is CCCCC[Si](CCCN)(CCCCC)O[Si](CCCN)(CCCCC)CCCCC. The fourth-order valence-corrected chi connectivity index (χ4v) is 18.1. The first-order valence-electron chi connectivity index (χ1n) is 14.2. The van der Waals surface area contributed by atoms with Gasteiger partial charge in [0.2, 0.25) is 0 Å². The number of hydrogen-bond acceptors (Lipinski definition) is 3. The van der Waals surface area contributed by atoms with E-state index in [2.05, 4.69) is 27.7 Å². The third-order valence-corrected chi connectivity index (χ3v) is 18.1. The van der Waals surface area contributed by atoms with Gasteiger partial charge in [-0.25, -0.2) is 0 Å². The number of rotatable bonds is 24. The first kappa shape index (κ1) is 31.3. The monoisotopic (exact) mass is 472 g/mol. The Morgan fingerprint density at radius 2 is 0.677 bits per heavy atom. The molecular formula is C26H60N2OSi2. The summed E-state index contributed by atoms with van der Waals surface area (Å²) in [5.41, 5.74) is 12.1. The summed E-state index contributed by atoms with van der Waals surface area (Å²) < 4.78 is 7.78. The highest BCUT2D eigenvalue weighted by Crippen LogP contribution is 2.38. The molecule has 0 radical (unpaired) electrons. The van der Waals surface area contributed by atoms with Crippen LogP contribution in [0.1, 0.15) is 118 Å². The van der Waals surface area contributed by atoms with Crippen LogP contribution in [0.3, 0.4) is 0 Å². The summed E-state index contributed by atoms with van der Waals surface area (Å²) in [7, 11) is -3.51. The first-order chi connectivity index (χ1) is 15.1. The van der Waals surface area contributed by atoms with Crippen LogP contribution in [0, 0.1) is 0 Å². The molecule has 0 saturated heterocycles. The third-order valence-electron chi connectivity index (χ3n) is 7.05. The van der Waals surface area contributed by atoms with Crippen LogP contribution >= 0.6 is 0 Å².